The van der Waals surface area contributed by atoms with Crippen LogP contribution in [-0.2, 0) is 14.3 Å². The second kappa shape index (κ2) is 7.88. The van der Waals surface area contributed by atoms with Crippen LogP contribution in [-0.4, -0.2) is 36.7 Å². The predicted octanol–water partition coefficient (Wildman–Crippen LogP) is 1.68. The van der Waals surface area contributed by atoms with Crippen molar-refractivity contribution in [2.24, 2.45) is 0 Å². The summed E-state index contributed by atoms with van der Waals surface area (Å²) >= 11 is 0. The Kier molecular flexibility index (Phi) is 6.19. The lowest BCUT2D eigenvalue weighted by Gasteiger charge is -2.11. The summed E-state index contributed by atoms with van der Waals surface area (Å²) in [5.41, 5.74) is 0.266. The zero-order chi connectivity index (χ0) is 15.8. The van der Waals surface area contributed by atoms with Gasteiger partial charge >= 0.3 is 11.9 Å². The van der Waals surface area contributed by atoms with Crippen LogP contribution in [0.5, 0.6) is 5.75 Å². The molecule has 2 N–H and O–H groups in total. The predicted molar refractivity (Wildman–Crippen MR) is 74.5 cm³/mol. The van der Waals surface area contributed by atoms with Crippen LogP contribution in [0.3, 0.4) is 0 Å². The number of rotatable bonds is 7. The van der Waals surface area contributed by atoms with E-state index in [4.69, 9.17) is 14.6 Å². The average Bonchev–Trinajstić information content (AvgIpc) is 2.45. The van der Waals surface area contributed by atoms with Crippen molar-refractivity contribution in [1.29, 1.82) is 0 Å². The van der Waals surface area contributed by atoms with E-state index < -0.39 is 17.8 Å². The molecule has 1 aromatic rings. The quantitative estimate of drug-likeness (QED) is 0.742. The van der Waals surface area contributed by atoms with Crippen molar-refractivity contribution in [1.82, 2.24) is 0 Å². The van der Waals surface area contributed by atoms with Crippen molar-refractivity contribution in [2.45, 2.75) is 19.8 Å². The van der Waals surface area contributed by atoms with E-state index in [1.165, 1.54) is 25.3 Å². The smallest absolute Gasteiger partial charge is 0.335 e. The van der Waals surface area contributed by atoms with Crippen molar-refractivity contribution in [3.8, 4) is 5.75 Å². The Balaban J connectivity index is 2.72. The molecule has 0 bridgehead atoms. The molecule has 7 heteroatoms. The molecule has 1 aromatic carbocycles. The number of benzene rings is 1. The molecule has 1 rings (SSSR count). The number of carboxylic acids is 1. The van der Waals surface area contributed by atoms with Crippen LogP contribution in [0.15, 0.2) is 18.2 Å². The Hall–Kier alpha value is -2.57. The fourth-order valence-electron chi connectivity index (χ4n) is 1.60. The first-order valence-corrected chi connectivity index (χ1v) is 6.34. The standard InChI is InChI=1S/C14H17NO6/c1-3-21-13(17)7-6-12(16)15-10-8-9(14(18)19)4-5-11(10)20-2/h4-5,8H,3,6-7H2,1-2H3,(H,15,16)(H,18,19). The third-order valence-corrected chi connectivity index (χ3v) is 2.58. The van der Waals surface area contributed by atoms with Crippen LogP contribution >= 0.6 is 0 Å². The molecule has 21 heavy (non-hydrogen) atoms. The summed E-state index contributed by atoms with van der Waals surface area (Å²) in [6, 6.07) is 4.11. The molecule has 114 valence electrons. The van der Waals surface area contributed by atoms with Gasteiger partial charge in [-0.3, -0.25) is 9.59 Å². The van der Waals surface area contributed by atoms with Gasteiger partial charge in [-0.15, -0.1) is 0 Å². The zero-order valence-corrected chi connectivity index (χ0v) is 11.8. The molecule has 0 atom stereocenters. The Bertz CT molecular complexity index is 540. The number of nitrogens with one attached hydrogen (secondary N) is 1. The van der Waals surface area contributed by atoms with Crippen LogP contribution in [0.1, 0.15) is 30.1 Å². The topological polar surface area (TPSA) is 102 Å². The van der Waals surface area contributed by atoms with Crippen molar-refractivity contribution in [3.63, 3.8) is 0 Å². The van der Waals surface area contributed by atoms with Crippen LogP contribution in [0.25, 0.3) is 0 Å². The minimum absolute atomic E-state index is 0.0245. The minimum Gasteiger partial charge on any atom is -0.495 e. The van der Waals surface area contributed by atoms with Gasteiger partial charge in [-0.25, -0.2) is 4.79 Å². The van der Waals surface area contributed by atoms with Crippen molar-refractivity contribution < 1.29 is 29.0 Å². The first-order chi connectivity index (χ1) is 9.97. The zero-order valence-electron chi connectivity index (χ0n) is 11.8. The number of methoxy groups -OCH3 is 1. The highest BCUT2D eigenvalue weighted by Gasteiger charge is 2.13. The van der Waals surface area contributed by atoms with E-state index in [0.717, 1.165) is 0 Å². The number of aromatic carboxylic acids is 1. The van der Waals surface area contributed by atoms with Crippen LogP contribution in [0.4, 0.5) is 5.69 Å². The highest BCUT2D eigenvalue weighted by molar-refractivity contribution is 5.96. The van der Waals surface area contributed by atoms with Gasteiger partial charge in [-0.1, -0.05) is 0 Å². The molecule has 0 radical (unpaired) electrons. The summed E-state index contributed by atoms with van der Waals surface area (Å²) in [5.74, 6) is -1.66. The molecule has 0 saturated heterocycles. The summed E-state index contributed by atoms with van der Waals surface area (Å²) in [6.07, 6.45) is -0.0973. The summed E-state index contributed by atoms with van der Waals surface area (Å²) < 4.78 is 9.76. The van der Waals surface area contributed by atoms with Gasteiger partial charge in [0.25, 0.3) is 0 Å². The summed E-state index contributed by atoms with van der Waals surface area (Å²) in [5, 5.41) is 11.4. The lowest BCUT2D eigenvalue weighted by molar-refractivity contribution is -0.144. The van der Waals surface area contributed by atoms with Gasteiger partial charge in [0.05, 0.1) is 31.4 Å². The number of amides is 1. The van der Waals surface area contributed by atoms with Crippen molar-refractivity contribution in [3.05, 3.63) is 23.8 Å². The maximum atomic E-state index is 11.7. The van der Waals surface area contributed by atoms with Gasteiger partial charge in [0.1, 0.15) is 5.75 Å². The number of ether oxygens (including phenoxy) is 2. The number of carbonyl (C=O) groups excluding carboxylic acids is 2. The van der Waals surface area contributed by atoms with Gasteiger partial charge in [0.15, 0.2) is 0 Å². The maximum Gasteiger partial charge on any atom is 0.335 e. The highest BCUT2D eigenvalue weighted by atomic mass is 16.5. The molecule has 0 spiro atoms. The van der Waals surface area contributed by atoms with Gasteiger partial charge in [0, 0.05) is 6.42 Å². The van der Waals surface area contributed by atoms with E-state index in [1.807, 2.05) is 0 Å². The number of carboxylic acid groups (broad SMARTS) is 1. The second-order valence-electron chi connectivity index (χ2n) is 4.07. The monoisotopic (exact) mass is 295 g/mol. The molecular weight excluding hydrogens is 278 g/mol. The van der Waals surface area contributed by atoms with E-state index in [9.17, 15) is 14.4 Å². The fraction of sp³-hybridized carbons (Fsp3) is 0.357. The summed E-state index contributed by atoms with van der Waals surface area (Å²) in [6.45, 7) is 1.94. The maximum absolute atomic E-state index is 11.7. The summed E-state index contributed by atoms with van der Waals surface area (Å²) in [4.78, 5) is 33.8. The van der Waals surface area contributed by atoms with E-state index in [0.29, 0.717) is 5.75 Å². The molecule has 0 unspecified atom stereocenters. The van der Waals surface area contributed by atoms with Crippen molar-refractivity contribution in [2.75, 3.05) is 19.0 Å². The lowest BCUT2D eigenvalue weighted by Crippen LogP contribution is -2.15. The molecule has 0 aliphatic carbocycles. The Morgan fingerprint density at radius 2 is 1.95 bits per heavy atom. The number of hydrogen-bond acceptors (Lipinski definition) is 5. The first-order valence-electron chi connectivity index (χ1n) is 6.34. The molecule has 1 amide bonds. The van der Waals surface area contributed by atoms with E-state index in [-0.39, 0.29) is 30.7 Å². The molecule has 0 heterocycles. The Morgan fingerprint density at radius 1 is 1.24 bits per heavy atom. The van der Waals surface area contributed by atoms with Gasteiger partial charge < -0.3 is 19.9 Å². The molecule has 0 fully saturated rings. The van der Waals surface area contributed by atoms with Crippen LogP contribution in [0.2, 0.25) is 0 Å². The average molecular weight is 295 g/mol. The molecule has 7 nitrogen and oxygen atoms in total. The van der Waals surface area contributed by atoms with Crippen LogP contribution in [0, 0.1) is 0 Å². The van der Waals surface area contributed by atoms with Gasteiger partial charge in [0.2, 0.25) is 5.91 Å². The number of esters is 1. The molecular formula is C14H17NO6. The number of anilines is 1. The lowest BCUT2D eigenvalue weighted by atomic mass is 10.2. The molecule has 0 aliphatic heterocycles. The van der Waals surface area contributed by atoms with Gasteiger partial charge in [-0.2, -0.15) is 0 Å². The normalized spacial score (nSPS) is 9.81. The minimum atomic E-state index is -1.11. The first kappa shape index (κ1) is 16.5. The molecule has 0 aliphatic rings. The van der Waals surface area contributed by atoms with Crippen LogP contribution < -0.4 is 10.1 Å². The molecule has 0 aromatic heterocycles. The second-order valence-corrected chi connectivity index (χ2v) is 4.07. The fourth-order valence-corrected chi connectivity index (χ4v) is 1.60. The Morgan fingerprint density at radius 3 is 2.52 bits per heavy atom. The third kappa shape index (κ3) is 5.13. The number of carbonyl (C=O) groups is 3. The van der Waals surface area contributed by atoms with Gasteiger partial charge in [-0.05, 0) is 25.1 Å². The largest absolute Gasteiger partial charge is 0.495 e. The molecule has 0 saturated carbocycles. The third-order valence-electron chi connectivity index (χ3n) is 2.58. The van der Waals surface area contributed by atoms with E-state index in [2.05, 4.69) is 5.32 Å². The van der Waals surface area contributed by atoms with Crippen molar-refractivity contribution >= 4 is 23.5 Å². The number of hydrogen-bond donors (Lipinski definition) is 2. The highest BCUT2D eigenvalue weighted by Crippen LogP contribution is 2.25. The Labute approximate surface area is 121 Å². The van der Waals surface area contributed by atoms with E-state index in [1.54, 1.807) is 6.92 Å². The SMILES string of the molecule is CCOC(=O)CCC(=O)Nc1cc(C(=O)O)ccc1OC. The van der Waals surface area contributed by atoms with E-state index >= 15 is 0 Å². The summed E-state index contributed by atoms with van der Waals surface area (Å²) in [7, 11) is 1.41.